The van der Waals surface area contributed by atoms with Crippen LogP contribution in [0.1, 0.15) is 41.1 Å². The van der Waals surface area contributed by atoms with E-state index in [2.05, 4.69) is 10.6 Å². The zero-order valence-electron chi connectivity index (χ0n) is 14.2. The average Bonchev–Trinajstić information content (AvgIpc) is 2.96. The standard InChI is InChI=1S/C17H24N2O4/c1-10-6-14(12(3)22-10)8-18-16(20)19-9-17(5,21)15-7-11(2)23-13(15)4/h6-7,21H,8-9H2,1-5H3,(H2,18,19,20). The Hall–Kier alpha value is -2.21. The van der Waals surface area contributed by atoms with Gasteiger partial charge in [-0.25, -0.2) is 4.79 Å². The number of amides is 2. The normalized spacial score (nSPS) is 13.7. The highest BCUT2D eigenvalue weighted by Gasteiger charge is 2.28. The number of nitrogens with one attached hydrogen (secondary N) is 2. The molecule has 2 amide bonds. The van der Waals surface area contributed by atoms with Gasteiger partial charge in [0.1, 0.15) is 28.6 Å². The fourth-order valence-corrected chi connectivity index (χ4v) is 2.61. The van der Waals surface area contributed by atoms with Gasteiger partial charge in [-0.15, -0.1) is 0 Å². The van der Waals surface area contributed by atoms with Crippen LogP contribution < -0.4 is 10.6 Å². The Labute approximate surface area is 135 Å². The predicted octanol–water partition coefficient (Wildman–Crippen LogP) is 2.81. The van der Waals surface area contributed by atoms with Gasteiger partial charge >= 0.3 is 6.03 Å². The molecule has 0 saturated heterocycles. The summed E-state index contributed by atoms with van der Waals surface area (Å²) >= 11 is 0. The molecular formula is C17H24N2O4. The number of aliphatic hydroxyl groups is 1. The molecule has 2 rings (SSSR count). The molecule has 0 fully saturated rings. The number of furan rings is 2. The van der Waals surface area contributed by atoms with Crippen LogP contribution in [0, 0.1) is 27.7 Å². The van der Waals surface area contributed by atoms with Gasteiger partial charge in [-0.3, -0.25) is 0 Å². The summed E-state index contributed by atoms with van der Waals surface area (Å²) in [5, 5.41) is 16.0. The topological polar surface area (TPSA) is 87.6 Å². The minimum atomic E-state index is -1.19. The number of hydrogen-bond donors (Lipinski definition) is 3. The van der Waals surface area contributed by atoms with Crippen LogP contribution >= 0.6 is 0 Å². The lowest BCUT2D eigenvalue weighted by Gasteiger charge is -2.23. The summed E-state index contributed by atoms with van der Waals surface area (Å²) < 4.78 is 10.8. The maximum Gasteiger partial charge on any atom is 0.315 e. The summed E-state index contributed by atoms with van der Waals surface area (Å²) in [5.74, 6) is 2.99. The largest absolute Gasteiger partial charge is 0.466 e. The lowest BCUT2D eigenvalue weighted by Crippen LogP contribution is -2.43. The molecule has 1 atom stereocenters. The van der Waals surface area contributed by atoms with Gasteiger partial charge in [-0.2, -0.15) is 0 Å². The molecule has 6 nitrogen and oxygen atoms in total. The van der Waals surface area contributed by atoms with Gasteiger partial charge in [-0.05, 0) is 46.8 Å². The summed E-state index contributed by atoms with van der Waals surface area (Å²) in [6.45, 7) is 9.44. The van der Waals surface area contributed by atoms with E-state index in [9.17, 15) is 9.90 Å². The SMILES string of the molecule is Cc1cc(CNC(=O)NCC(C)(O)c2cc(C)oc2C)c(C)o1. The number of rotatable bonds is 5. The van der Waals surface area contributed by atoms with Gasteiger partial charge < -0.3 is 24.6 Å². The molecule has 1 unspecified atom stereocenters. The van der Waals surface area contributed by atoms with Crippen LogP contribution in [-0.2, 0) is 12.1 Å². The summed E-state index contributed by atoms with van der Waals surface area (Å²) in [4.78, 5) is 11.9. The molecule has 0 bridgehead atoms. The Morgan fingerprint density at radius 3 is 2.22 bits per heavy atom. The molecule has 6 heteroatoms. The van der Waals surface area contributed by atoms with E-state index in [4.69, 9.17) is 8.83 Å². The fourth-order valence-electron chi connectivity index (χ4n) is 2.61. The van der Waals surface area contributed by atoms with Crippen molar-refractivity contribution >= 4 is 6.03 Å². The van der Waals surface area contributed by atoms with Crippen molar-refractivity contribution in [3.8, 4) is 0 Å². The number of hydrogen-bond acceptors (Lipinski definition) is 4. The number of carbonyl (C=O) groups is 1. The molecule has 0 saturated carbocycles. The smallest absolute Gasteiger partial charge is 0.315 e. The van der Waals surface area contributed by atoms with Crippen molar-refractivity contribution in [1.82, 2.24) is 10.6 Å². The van der Waals surface area contributed by atoms with Crippen LogP contribution in [0.5, 0.6) is 0 Å². The Morgan fingerprint density at radius 2 is 1.70 bits per heavy atom. The van der Waals surface area contributed by atoms with Crippen LogP contribution in [0.3, 0.4) is 0 Å². The fraction of sp³-hybridized carbons (Fsp3) is 0.471. The molecule has 0 aromatic carbocycles. The molecule has 0 aliphatic heterocycles. The first-order valence-corrected chi connectivity index (χ1v) is 7.56. The van der Waals surface area contributed by atoms with Crippen molar-refractivity contribution in [3.05, 3.63) is 46.3 Å². The van der Waals surface area contributed by atoms with Gasteiger partial charge in [0.15, 0.2) is 0 Å². The van der Waals surface area contributed by atoms with E-state index >= 15 is 0 Å². The molecule has 0 spiro atoms. The lowest BCUT2D eigenvalue weighted by molar-refractivity contribution is 0.0579. The number of urea groups is 1. The van der Waals surface area contributed by atoms with Gasteiger partial charge in [0, 0.05) is 17.7 Å². The van der Waals surface area contributed by atoms with Crippen molar-refractivity contribution in [3.63, 3.8) is 0 Å². The van der Waals surface area contributed by atoms with Gasteiger partial charge in [0.2, 0.25) is 0 Å². The third-order valence-electron chi connectivity index (χ3n) is 3.80. The second kappa shape index (κ2) is 6.50. The Morgan fingerprint density at radius 1 is 1.09 bits per heavy atom. The first-order valence-electron chi connectivity index (χ1n) is 7.56. The number of carbonyl (C=O) groups excluding carboxylic acids is 1. The van der Waals surface area contributed by atoms with E-state index in [-0.39, 0.29) is 12.6 Å². The molecule has 2 heterocycles. The summed E-state index contributed by atoms with van der Waals surface area (Å²) in [6, 6.07) is 3.33. The predicted molar refractivity (Wildman–Crippen MR) is 86.2 cm³/mol. The van der Waals surface area contributed by atoms with Crippen LogP contribution in [0.15, 0.2) is 21.0 Å². The zero-order chi connectivity index (χ0) is 17.2. The van der Waals surface area contributed by atoms with Gasteiger partial charge in [0.25, 0.3) is 0 Å². The molecule has 126 valence electrons. The van der Waals surface area contributed by atoms with E-state index in [1.807, 2.05) is 26.8 Å². The summed E-state index contributed by atoms with van der Waals surface area (Å²) in [5.41, 5.74) is 0.420. The molecule has 0 radical (unpaired) electrons. The summed E-state index contributed by atoms with van der Waals surface area (Å²) in [6.07, 6.45) is 0. The first kappa shape index (κ1) is 17.1. The van der Waals surface area contributed by atoms with E-state index in [0.29, 0.717) is 17.9 Å². The monoisotopic (exact) mass is 320 g/mol. The quantitative estimate of drug-likeness (QED) is 0.790. The van der Waals surface area contributed by atoms with Crippen molar-refractivity contribution in [2.75, 3.05) is 6.54 Å². The highest BCUT2D eigenvalue weighted by Crippen LogP contribution is 2.26. The molecule has 2 aromatic heterocycles. The minimum Gasteiger partial charge on any atom is -0.466 e. The highest BCUT2D eigenvalue weighted by molar-refractivity contribution is 5.74. The average molecular weight is 320 g/mol. The Bertz CT molecular complexity index is 698. The number of aryl methyl sites for hydroxylation is 4. The third-order valence-corrected chi connectivity index (χ3v) is 3.80. The van der Waals surface area contributed by atoms with Crippen LogP contribution in [-0.4, -0.2) is 17.7 Å². The van der Waals surface area contributed by atoms with Crippen LogP contribution in [0.2, 0.25) is 0 Å². The summed E-state index contributed by atoms with van der Waals surface area (Å²) in [7, 11) is 0. The van der Waals surface area contributed by atoms with E-state index in [0.717, 1.165) is 22.8 Å². The maximum absolute atomic E-state index is 11.9. The van der Waals surface area contributed by atoms with Crippen molar-refractivity contribution < 1.29 is 18.7 Å². The Kier molecular flexibility index (Phi) is 4.85. The molecular weight excluding hydrogens is 296 g/mol. The van der Waals surface area contributed by atoms with Gasteiger partial charge in [-0.1, -0.05) is 0 Å². The molecule has 0 aliphatic carbocycles. The van der Waals surface area contributed by atoms with Crippen LogP contribution in [0.25, 0.3) is 0 Å². The lowest BCUT2D eigenvalue weighted by atomic mass is 9.96. The van der Waals surface area contributed by atoms with E-state index in [1.165, 1.54) is 0 Å². The second-order valence-corrected chi connectivity index (χ2v) is 6.08. The van der Waals surface area contributed by atoms with Crippen molar-refractivity contribution in [2.24, 2.45) is 0 Å². The van der Waals surface area contributed by atoms with E-state index in [1.54, 1.807) is 19.9 Å². The van der Waals surface area contributed by atoms with Crippen molar-refractivity contribution in [1.29, 1.82) is 0 Å². The van der Waals surface area contributed by atoms with Crippen LogP contribution in [0.4, 0.5) is 4.79 Å². The third kappa shape index (κ3) is 4.16. The minimum absolute atomic E-state index is 0.0854. The molecule has 2 aromatic rings. The zero-order valence-corrected chi connectivity index (χ0v) is 14.2. The van der Waals surface area contributed by atoms with Gasteiger partial charge in [0.05, 0.1) is 6.54 Å². The van der Waals surface area contributed by atoms with E-state index < -0.39 is 5.60 Å². The molecule has 23 heavy (non-hydrogen) atoms. The maximum atomic E-state index is 11.9. The molecule has 3 N–H and O–H groups in total. The first-order chi connectivity index (χ1) is 10.7. The van der Waals surface area contributed by atoms with Crippen molar-refractivity contribution in [2.45, 2.75) is 46.8 Å². The second-order valence-electron chi connectivity index (χ2n) is 6.08. The Balaban J connectivity index is 1.88. The molecule has 0 aliphatic rings. The highest BCUT2D eigenvalue weighted by atomic mass is 16.3.